The van der Waals surface area contributed by atoms with Gasteiger partial charge in [-0.25, -0.2) is 9.78 Å². The van der Waals surface area contributed by atoms with Crippen molar-refractivity contribution in [2.24, 2.45) is 11.5 Å². The standard InChI is InChI=1S/C18H26N6O2S/c1-3-4-10-9-12(22-17-13(10)14(19)15(27-17)16(20)25)24-7-5-11(6-8-24)23(2)18(21)26/h9,11H,3-8,19H2,1-2H3,(H2,20,25)(H2,21,26). The van der Waals surface area contributed by atoms with Gasteiger partial charge in [0.05, 0.1) is 5.69 Å². The SMILES string of the molecule is CCCc1cc(N2CCC(N(C)C(N)=O)CC2)nc2sc(C(N)=O)c(N)c12. The largest absolute Gasteiger partial charge is 0.397 e. The van der Waals surface area contributed by atoms with Gasteiger partial charge in [0.1, 0.15) is 15.5 Å². The molecule has 1 saturated heterocycles. The highest BCUT2D eigenvalue weighted by atomic mass is 32.1. The van der Waals surface area contributed by atoms with Gasteiger partial charge in [-0.1, -0.05) is 13.3 Å². The summed E-state index contributed by atoms with van der Waals surface area (Å²) in [7, 11) is 1.74. The van der Waals surface area contributed by atoms with Gasteiger partial charge in [-0.05, 0) is 30.9 Å². The molecule has 3 rings (SSSR count). The van der Waals surface area contributed by atoms with E-state index in [1.807, 2.05) is 0 Å². The Morgan fingerprint density at radius 3 is 2.56 bits per heavy atom. The van der Waals surface area contributed by atoms with Crippen LogP contribution in [0.4, 0.5) is 16.3 Å². The molecule has 1 aliphatic heterocycles. The lowest BCUT2D eigenvalue weighted by atomic mass is 10.0. The van der Waals surface area contributed by atoms with Gasteiger partial charge in [-0.15, -0.1) is 11.3 Å². The molecule has 0 radical (unpaired) electrons. The van der Waals surface area contributed by atoms with Crippen LogP contribution in [0.15, 0.2) is 6.07 Å². The van der Waals surface area contributed by atoms with E-state index in [1.165, 1.54) is 11.3 Å². The lowest BCUT2D eigenvalue weighted by Gasteiger charge is -2.36. The number of primary amides is 2. The highest BCUT2D eigenvalue weighted by Crippen LogP contribution is 2.37. The van der Waals surface area contributed by atoms with E-state index in [9.17, 15) is 9.59 Å². The van der Waals surface area contributed by atoms with E-state index in [2.05, 4.69) is 17.9 Å². The number of carbonyl (C=O) groups is 2. The number of hydrogen-bond acceptors (Lipinski definition) is 6. The zero-order chi connectivity index (χ0) is 19.7. The Hall–Kier alpha value is -2.55. The van der Waals surface area contributed by atoms with Crippen molar-refractivity contribution in [3.8, 4) is 0 Å². The van der Waals surface area contributed by atoms with Crippen LogP contribution in [0.1, 0.15) is 41.4 Å². The fraction of sp³-hybridized carbons (Fsp3) is 0.500. The average Bonchev–Trinajstić information content (AvgIpc) is 2.98. The van der Waals surface area contributed by atoms with Crippen molar-refractivity contribution < 1.29 is 9.59 Å². The van der Waals surface area contributed by atoms with E-state index >= 15 is 0 Å². The third kappa shape index (κ3) is 3.64. The lowest BCUT2D eigenvalue weighted by Crippen LogP contribution is -2.47. The number of carbonyl (C=O) groups excluding carboxylic acids is 2. The maximum Gasteiger partial charge on any atom is 0.314 e. The van der Waals surface area contributed by atoms with E-state index in [0.29, 0.717) is 10.6 Å². The van der Waals surface area contributed by atoms with E-state index < -0.39 is 11.9 Å². The van der Waals surface area contributed by atoms with Crippen LogP contribution in [0.25, 0.3) is 10.2 Å². The Balaban J connectivity index is 1.92. The number of nitrogen functional groups attached to an aromatic ring is 1. The number of thiophene rings is 1. The van der Waals surface area contributed by atoms with Gasteiger partial charge in [0, 0.05) is 31.6 Å². The van der Waals surface area contributed by atoms with Crippen molar-refractivity contribution in [1.82, 2.24) is 9.88 Å². The van der Waals surface area contributed by atoms with Crippen molar-refractivity contribution in [1.29, 1.82) is 0 Å². The summed E-state index contributed by atoms with van der Waals surface area (Å²) in [5.41, 5.74) is 18.6. The normalized spacial score (nSPS) is 15.3. The van der Waals surface area contributed by atoms with Crippen molar-refractivity contribution in [3.63, 3.8) is 0 Å². The third-order valence-electron chi connectivity index (χ3n) is 5.19. The first-order valence-electron chi connectivity index (χ1n) is 9.12. The molecule has 0 aromatic carbocycles. The quantitative estimate of drug-likeness (QED) is 0.717. The summed E-state index contributed by atoms with van der Waals surface area (Å²) in [6, 6.07) is 1.82. The van der Waals surface area contributed by atoms with Crippen LogP contribution in [0, 0.1) is 0 Å². The van der Waals surface area contributed by atoms with Crippen molar-refractivity contribution in [3.05, 3.63) is 16.5 Å². The topological polar surface area (TPSA) is 132 Å². The molecular weight excluding hydrogens is 364 g/mol. The maximum atomic E-state index is 11.7. The van der Waals surface area contributed by atoms with Crippen LogP contribution in [0.2, 0.25) is 0 Å². The molecule has 0 saturated carbocycles. The first-order chi connectivity index (χ1) is 12.8. The number of fused-ring (bicyclic) bond motifs is 1. The molecular formula is C18H26N6O2S. The van der Waals surface area contributed by atoms with Gasteiger partial charge in [-0.2, -0.15) is 0 Å². The number of nitrogens with two attached hydrogens (primary N) is 3. The number of urea groups is 1. The molecule has 27 heavy (non-hydrogen) atoms. The number of nitrogens with zero attached hydrogens (tertiary/aromatic N) is 3. The molecule has 0 bridgehead atoms. The molecule has 2 aromatic heterocycles. The summed E-state index contributed by atoms with van der Waals surface area (Å²) in [6.07, 6.45) is 3.49. The number of amides is 3. The first-order valence-corrected chi connectivity index (χ1v) is 9.94. The summed E-state index contributed by atoms with van der Waals surface area (Å²) in [5, 5.41) is 0.850. The molecule has 2 aromatic rings. The molecule has 0 unspecified atom stereocenters. The maximum absolute atomic E-state index is 11.7. The van der Waals surface area contributed by atoms with Gasteiger partial charge in [-0.3, -0.25) is 4.79 Å². The summed E-state index contributed by atoms with van der Waals surface area (Å²) < 4.78 is 0. The molecule has 1 fully saturated rings. The number of pyridine rings is 1. The molecule has 6 N–H and O–H groups in total. The van der Waals surface area contributed by atoms with Gasteiger partial charge >= 0.3 is 6.03 Å². The van der Waals surface area contributed by atoms with Crippen LogP contribution in [-0.2, 0) is 6.42 Å². The van der Waals surface area contributed by atoms with E-state index in [4.69, 9.17) is 22.2 Å². The van der Waals surface area contributed by atoms with Gasteiger partial charge in [0.15, 0.2) is 0 Å². The number of piperidine rings is 1. The highest BCUT2D eigenvalue weighted by Gasteiger charge is 2.26. The van der Waals surface area contributed by atoms with Crippen molar-refractivity contribution in [2.75, 3.05) is 30.8 Å². The summed E-state index contributed by atoms with van der Waals surface area (Å²) in [5.74, 6) is 0.359. The van der Waals surface area contributed by atoms with Crippen LogP contribution in [0.3, 0.4) is 0 Å². The highest BCUT2D eigenvalue weighted by molar-refractivity contribution is 7.21. The Kier molecular flexibility index (Phi) is 5.41. The Bertz CT molecular complexity index is 872. The minimum Gasteiger partial charge on any atom is -0.397 e. The number of aryl methyl sites for hydroxylation is 1. The van der Waals surface area contributed by atoms with Crippen molar-refractivity contribution >= 4 is 45.0 Å². The van der Waals surface area contributed by atoms with Gasteiger partial charge < -0.3 is 27.0 Å². The minimum absolute atomic E-state index is 0.149. The van der Waals surface area contributed by atoms with Crippen LogP contribution in [-0.4, -0.2) is 48.0 Å². The fourth-order valence-corrected chi connectivity index (χ4v) is 4.65. The predicted octanol–water partition coefficient (Wildman–Crippen LogP) is 1.91. The van der Waals surface area contributed by atoms with Crippen LogP contribution < -0.4 is 22.1 Å². The molecule has 0 spiro atoms. The molecule has 3 heterocycles. The third-order valence-corrected chi connectivity index (χ3v) is 6.31. The Morgan fingerprint density at radius 2 is 2.00 bits per heavy atom. The fourth-order valence-electron chi connectivity index (χ4n) is 3.66. The minimum atomic E-state index is -0.519. The second-order valence-corrected chi connectivity index (χ2v) is 7.95. The average molecular weight is 391 g/mol. The summed E-state index contributed by atoms with van der Waals surface area (Å²) in [4.78, 5) is 32.7. The smallest absolute Gasteiger partial charge is 0.314 e. The molecule has 8 nitrogen and oxygen atoms in total. The van der Waals surface area contributed by atoms with Crippen LogP contribution >= 0.6 is 11.3 Å². The summed E-state index contributed by atoms with van der Waals surface area (Å²) in [6.45, 7) is 3.68. The molecule has 9 heteroatoms. The van der Waals surface area contributed by atoms with Gasteiger partial charge in [0.2, 0.25) is 0 Å². The Labute approximate surface area is 162 Å². The number of anilines is 2. The second-order valence-electron chi connectivity index (χ2n) is 6.95. The van der Waals surface area contributed by atoms with E-state index in [0.717, 1.165) is 60.4 Å². The van der Waals surface area contributed by atoms with E-state index in [-0.39, 0.29) is 6.04 Å². The molecule has 0 aliphatic carbocycles. The predicted molar refractivity (Wildman–Crippen MR) is 109 cm³/mol. The second kappa shape index (κ2) is 7.59. The van der Waals surface area contributed by atoms with Crippen LogP contribution in [0.5, 0.6) is 0 Å². The Morgan fingerprint density at radius 1 is 1.33 bits per heavy atom. The number of hydrogen-bond donors (Lipinski definition) is 3. The number of aromatic nitrogens is 1. The van der Waals surface area contributed by atoms with Crippen molar-refractivity contribution in [2.45, 2.75) is 38.6 Å². The molecule has 1 aliphatic rings. The zero-order valence-electron chi connectivity index (χ0n) is 15.7. The first kappa shape index (κ1) is 19.2. The number of rotatable bonds is 5. The summed E-state index contributed by atoms with van der Waals surface area (Å²) >= 11 is 1.25. The van der Waals surface area contributed by atoms with E-state index in [1.54, 1.807) is 11.9 Å². The van der Waals surface area contributed by atoms with Gasteiger partial charge in [0.25, 0.3) is 5.91 Å². The molecule has 0 atom stereocenters. The zero-order valence-corrected chi connectivity index (χ0v) is 16.5. The molecule has 3 amide bonds. The lowest BCUT2D eigenvalue weighted by molar-refractivity contribution is 0.100. The molecule has 146 valence electrons. The monoisotopic (exact) mass is 390 g/mol.